The lowest BCUT2D eigenvalue weighted by molar-refractivity contribution is -0.120. The highest BCUT2D eigenvalue weighted by Gasteiger charge is 2.26. The number of pyridine rings is 1. The summed E-state index contributed by atoms with van der Waals surface area (Å²) in [5.41, 5.74) is 1.45. The summed E-state index contributed by atoms with van der Waals surface area (Å²) >= 11 is 3.43. The summed E-state index contributed by atoms with van der Waals surface area (Å²) in [6, 6.07) is 7.16. The van der Waals surface area contributed by atoms with Crippen molar-refractivity contribution in [2.75, 3.05) is 11.4 Å². The normalized spacial score (nSPS) is 15.7. The van der Waals surface area contributed by atoms with Gasteiger partial charge in [0.2, 0.25) is 5.91 Å². The van der Waals surface area contributed by atoms with E-state index >= 15 is 0 Å². The summed E-state index contributed by atoms with van der Waals surface area (Å²) in [5, 5.41) is 3.26. The molecule has 0 radical (unpaired) electrons. The number of hydrogen-bond donors (Lipinski definition) is 1. The molecule has 6 heteroatoms. The van der Waals surface area contributed by atoms with Crippen molar-refractivity contribution in [1.82, 2.24) is 10.3 Å². The molecule has 1 fully saturated rings. The predicted octanol–water partition coefficient (Wildman–Crippen LogP) is 2.44. The zero-order valence-corrected chi connectivity index (χ0v) is 11.5. The maximum absolute atomic E-state index is 11.9. The molecular formula is C13H10BrN3O2. The number of fused-ring (bicyclic) bond motifs is 1. The van der Waals surface area contributed by atoms with Gasteiger partial charge in [0.15, 0.2) is 0 Å². The molecule has 19 heavy (non-hydrogen) atoms. The van der Waals surface area contributed by atoms with Crippen LogP contribution in [-0.2, 0) is 4.79 Å². The van der Waals surface area contributed by atoms with Gasteiger partial charge in [-0.2, -0.15) is 0 Å². The minimum atomic E-state index is -0.402. The minimum absolute atomic E-state index is 0.242. The number of imide groups is 1. The number of hydrogen-bond acceptors (Lipinski definition) is 3. The fourth-order valence-electron chi connectivity index (χ4n) is 2.14. The third kappa shape index (κ3) is 2.19. The molecule has 2 aromatic rings. The lowest BCUT2D eigenvalue weighted by Crippen LogP contribution is -2.49. The first-order valence-corrected chi connectivity index (χ1v) is 6.60. The smallest absolute Gasteiger partial charge is 0.291 e. The van der Waals surface area contributed by atoms with Gasteiger partial charge in [0.1, 0.15) is 0 Å². The molecule has 1 N–H and O–H groups in total. The first kappa shape index (κ1) is 12.1. The van der Waals surface area contributed by atoms with E-state index in [2.05, 4.69) is 26.2 Å². The minimum Gasteiger partial charge on any atom is -0.291 e. The maximum Gasteiger partial charge on any atom is 0.328 e. The number of carbonyl (C=O) groups is 2. The van der Waals surface area contributed by atoms with Crippen LogP contribution in [0.15, 0.2) is 34.9 Å². The van der Waals surface area contributed by atoms with Crippen molar-refractivity contribution in [3.8, 4) is 0 Å². The van der Waals surface area contributed by atoms with E-state index in [-0.39, 0.29) is 5.91 Å². The Morgan fingerprint density at radius 1 is 1.32 bits per heavy atom. The number of nitrogens with zero attached hydrogens (tertiary/aromatic N) is 2. The van der Waals surface area contributed by atoms with E-state index in [4.69, 9.17) is 0 Å². The van der Waals surface area contributed by atoms with Gasteiger partial charge in [-0.25, -0.2) is 4.79 Å². The van der Waals surface area contributed by atoms with Crippen LogP contribution in [0.1, 0.15) is 6.42 Å². The summed E-state index contributed by atoms with van der Waals surface area (Å²) in [7, 11) is 0. The molecule has 96 valence electrons. The third-order valence-corrected chi connectivity index (χ3v) is 3.45. The Bertz CT molecular complexity index is 687. The first-order chi connectivity index (χ1) is 9.15. The number of halogens is 1. The first-order valence-electron chi connectivity index (χ1n) is 5.81. The number of rotatable bonds is 1. The van der Waals surface area contributed by atoms with Crippen LogP contribution in [0.2, 0.25) is 0 Å². The van der Waals surface area contributed by atoms with E-state index in [9.17, 15) is 9.59 Å². The zero-order valence-electron chi connectivity index (χ0n) is 9.89. The van der Waals surface area contributed by atoms with Gasteiger partial charge in [-0.1, -0.05) is 22.0 Å². The highest BCUT2D eigenvalue weighted by Crippen LogP contribution is 2.30. The summed E-state index contributed by atoms with van der Waals surface area (Å²) < 4.78 is 0.868. The molecule has 1 saturated heterocycles. The number of carbonyl (C=O) groups excluding carboxylic acids is 2. The largest absolute Gasteiger partial charge is 0.328 e. The molecule has 3 rings (SSSR count). The third-order valence-electron chi connectivity index (χ3n) is 2.99. The molecule has 1 aromatic carbocycles. The van der Waals surface area contributed by atoms with Crippen molar-refractivity contribution >= 4 is 44.5 Å². The van der Waals surface area contributed by atoms with Crippen molar-refractivity contribution in [2.45, 2.75) is 6.42 Å². The highest BCUT2D eigenvalue weighted by molar-refractivity contribution is 9.10. The Morgan fingerprint density at radius 3 is 2.95 bits per heavy atom. The molecule has 3 amide bonds. The van der Waals surface area contributed by atoms with Crippen LogP contribution in [0.25, 0.3) is 10.9 Å². The summed E-state index contributed by atoms with van der Waals surface area (Å²) in [6.45, 7) is 0.368. The van der Waals surface area contributed by atoms with Crippen LogP contribution >= 0.6 is 15.9 Å². The highest BCUT2D eigenvalue weighted by atomic mass is 79.9. The molecular weight excluding hydrogens is 310 g/mol. The summed E-state index contributed by atoms with van der Waals surface area (Å²) in [4.78, 5) is 29.0. The van der Waals surface area contributed by atoms with Crippen LogP contribution in [0, 0.1) is 0 Å². The van der Waals surface area contributed by atoms with Gasteiger partial charge in [-0.3, -0.25) is 20.0 Å². The van der Waals surface area contributed by atoms with Gasteiger partial charge < -0.3 is 0 Å². The number of aromatic nitrogens is 1. The number of anilines is 1. The number of amides is 3. The summed E-state index contributed by atoms with van der Waals surface area (Å²) in [6.07, 6.45) is 1.99. The van der Waals surface area contributed by atoms with Gasteiger partial charge in [0.25, 0.3) is 0 Å². The monoisotopic (exact) mass is 319 g/mol. The van der Waals surface area contributed by atoms with Crippen LogP contribution in [0.5, 0.6) is 0 Å². The van der Waals surface area contributed by atoms with Crippen molar-refractivity contribution < 1.29 is 9.59 Å². The number of urea groups is 1. The molecule has 1 aliphatic heterocycles. The topological polar surface area (TPSA) is 62.3 Å². The van der Waals surface area contributed by atoms with Crippen molar-refractivity contribution in [3.05, 3.63) is 34.9 Å². The number of nitrogens with one attached hydrogen (secondary N) is 1. The molecule has 0 atom stereocenters. The van der Waals surface area contributed by atoms with E-state index in [0.717, 1.165) is 15.4 Å². The lowest BCUT2D eigenvalue weighted by Gasteiger charge is -2.27. The maximum atomic E-state index is 11.9. The van der Waals surface area contributed by atoms with Gasteiger partial charge in [-0.15, -0.1) is 0 Å². The molecule has 1 aromatic heterocycles. The Labute approximate surface area is 117 Å². The van der Waals surface area contributed by atoms with Gasteiger partial charge in [0.05, 0.1) is 11.2 Å². The summed E-state index contributed by atoms with van der Waals surface area (Å²) in [5.74, 6) is -0.242. The van der Waals surface area contributed by atoms with Gasteiger partial charge in [0, 0.05) is 29.0 Å². The van der Waals surface area contributed by atoms with E-state index in [0.29, 0.717) is 18.7 Å². The molecule has 1 aliphatic rings. The van der Waals surface area contributed by atoms with Gasteiger partial charge >= 0.3 is 6.03 Å². The van der Waals surface area contributed by atoms with Crippen LogP contribution < -0.4 is 10.2 Å². The fraction of sp³-hybridized carbons (Fsp3) is 0.154. The van der Waals surface area contributed by atoms with Gasteiger partial charge in [-0.05, 0) is 18.2 Å². The Balaban J connectivity index is 2.14. The standard InChI is InChI=1S/C13H10BrN3O2/c14-9-6-8-2-1-4-15-12(8)10(7-9)17-5-3-11(18)16-13(17)19/h1-2,4,6-7H,3,5H2,(H,16,18,19). The van der Waals surface area contributed by atoms with E-state index in [1.54, 1.807) is 11.1 Å². The molecule has 2 heterocycles. The predicted molar refractivity (Wildman–Crippen MR) is 74.9 cm³/mol. The fourth-order valence-corrected chi connectivity index (χ4v) is 2.60. The molecule has 0 spiro atoms. The van der Waals surface area contributed by atoms with Crippen LogP contribution in [0.3, 0.4) is 0 Å². The van der Waals surface area contributed by atoms with Crippen molar-refractivity contribution in [2.24, 2.45) is 0 Å². The van der Waals surface area contributed by atoms with Crippen molar-refractivity contribution in [3.63, 3.8) is 0 Å². The zero-order chi connectivity index (χ0) is 13.4. The molecule has 0 unspecified atom stereocenters. The van der Waals surface area contributed by atoms with Crippen LogP contribution in [0.4, 0.5) is 10.5 Å². The second kappa shape index (κ2) is 4.62. The molecule has 5 nitrogen and oxygen atoms in total. The Hall–Kier alpha value is -1.95. The average Bonchev–Trinajstić information content (AvgIpc) is 2.38. The quantitative estimate of drug-likeness (QED) is 0.878. The molecule has 0 bridgehead atoms. The second-order valence-corrected chi connectivity index (χ2v) is 5.17. The second-order valence-electron chi connectivity index (χ2n) is 4.26. The lowest BCUT2D eigenvalue weighted by atomic mass is 10.1. The van der Waals surface area contributed by atoms with E-state index in [1.807, 2.05) is 24.3 Å². The van der Waals surface area contributed by atoms with E-state index in [1.165, 1.54) is 0 Å². The Morgan fingerprint density at radius 2 is 2.16 bits per heavy atom. The number of benzene rings is 1. The Kier molecular flexibility index (Phi) is 2.94. The van der Waals surface area contributed by atoms with E-state index < -0.39 is 6.03 Å². The average molecular weight is 320 g/mol. The van der Waals surface area contributed by atoms with Crippen molar-refractivity contribution in [1.29, 1.82) is 0 Å². The molecule has 0 saturated carbocycles. The SMILES string of the molecule is O=C1CCN(c2cc(Br)cc3cccnc23)C(=O)N1. The van der Waals surface area contributed by atoms with Crippen LogP contribution in [-0.4, -0.2) is 23.5 Å². The molecule has 0 aliphatic carbocycles.